The number of hydrogen-bond acceptors (Lipinski definition) is 4. The monoisotopic (exact) mass is 408 g/mol. The number of carbonyl (C=O) groups excluding carboxylic acids is 2. The highest BCUT2D eigenvalue weighted by Crippen LogP contribution is 2.26. The normalized spacial score (nSPS) is 14.4. The number of para-hydroxylation sites is 1. The van der Waals surface area contributed by atoms with Gasteiger partial charge < -0.3 is 19.4 Å². The lowest BCUT2D eigenvalue weighted by molar-refractivity contribution is -0.121. The van der Waals surface area contributed by atoms with Gasteiger partial charge in [-0.3, -0.25) is 9.59 Å². The van der Waals surface area contributed by atoms with Crippen LogP contribution in [0.1, 0.15) is 23.2 Å². The maximum absolute atomic E-state index is 13.7. The van der Waals surface area contributed by atoms with Crippen LogP contribution >= 0.6 is 0 Å². The molecule has 1 aromatic heterocycles. The van der Waals surface area contributed by atoms with Crippen LogP contribution in [0.15, 0.2) is 71.5 Å². The van der Waals surface area contributed by atoms with Crippen LogP contribution in [0, 0.1) is 11.7 Å². The first kappa shape index (κ1) is 19.7. The molecule has 1 saturated heterocycles. The number of furan rings is 1. The van der Waals surface area contributed by atoms with Crippen molar-refractivity contribution in [1.82, 2.24) is 4.90 Å². The highest BCUT2D eigenvalue weighted by molar-refractivity contribution is 5.95. The van der Waals surface area contributed by atoms with Crippen molar-refractivity contribution < 1.29 is 23.1 Å². The number of benzene rings is 2. The van der Waals surface area contributed by atoms with E-state index in [1.807, 2.05) is 0 Å². The van der Waals surface area contributed by atoms with Crippen molar-refractivity contribution in [3.8, 4) is 11.5 Å². The van der Waals surface area contributed by atoms with E-state index in [-0.39, 0.29) is 23.5 Å². The minimum Gasteiger partial charge on any atom is -0.472 e. The fourth-order valence-corrected chi connectivity index (χ4v) is 3.42. The molecular weight excluding hydrogens is 387 g/mol. The molecule has 6 nitrogen and oxygen atoms in total. The number of amides is 2. The number of hydrogen-bond donors (Lipinski definition) is 1. The zero-order valence-corrected chi connectivity index (χ0v) is 16.2. The van der Waals surface area contributed by atoms with Gasteiger partial charge in [0, 0.05) is 24.7 Å². The summed E-state index contributed by atoms with van der Waals surface area (Å²) in [5.41, 5.74) is 1.16. The molecule has 0 bridgehead atoms. The fraction of sp³-hybridized carbons (Fsp3) is 0.217. The van der Waals surface area contributed by atoms with Gasteiger partial charge in [0.1, 0.15) is 12.0 Å². The standard InChI is InChI=1S/C23H21FN2O4/c24-20-3-1-2-4-21(20)30-19-7-5-18(6-8-19)25-22(27)16-9-12-26(13-10-16)23(28)17-11-14-29-15-17/h1-8,11,14-16H,9-10,12-13H2,(H,25,27). The van der Waals surface area contributed by atoms with E-state index in [0.717, 1.165) is 0 Å². The SMILES string of the molecule is O=C(Nc1ccc(Oc2ccccc2F)cc1)C1CCN(C(=O)c2ccoc2)CC1. The molecule has 2 heterocycles. The maximum atomic E-state index is 13.7. The Balaban J connectivity index is 1.29. The van der Waals surface area contributed by atoms with Crippen LogP contribution in [-0.4, -0.2) is 29.8 Å². The van der Waals surface area contributed by atoms with E-state index in [4.69, 9.17) is 9.15 Å². The Morgan fingerprint density at radius 3 is 2.43 bits per heavy atom. The number of nitrogens with zero attached hydrogens (tertiary/aromatic N) is 1. The number of nitrogens with one attached hydrogen (secondary N) is 1. The molecular formula is C23H21FN2O4. The Kier molecular flexibility index (Phi) is 5.79. The summed E-state index contributed by atoms with van der Waals surface area (Å²) in [4.78, 5) is 26.7. The van der Waals surface area contributed by atoms with Crippen molar-refractivity contribution in [2.75, 3.05) is 18.4 Å². The molecule has 30 heavy (non-hydrogen) atoms. The van der Waals surface area contributed by atoms with Crippen LogP contribution in [0.5, 0.6) is 11.5 Å². The summed E-state index contributed by atoms with van der Waals surface area (Å²) in [6.45, 7) is 1.05. The minimum absolute atomic E-state index is 0.0758. The van der Waals surface area contributed by atoms with Gasteiger partial charge in [-0.1, -0.05) is 12.1 Å². The quantitative estimate of drug-likeness (QED) is 0.664. The summed E-state index contributed by atoms with van der Waals surface area (Å²) < 4.78 is 24.2. The molecule has 0 saturated carbocycles. The Morgan fingerprint density at radius 1 is 1.03 bits per heavy atom. The van der Waals surface area contributed by atoms with Crippen LogP contribution in [0.2, 0.25) is 0 Å². The average Bonchev–Trinajstić information content (AvgIpc) is 3.31. The lowest BCUT2D eigenvalue weighted by Crippen LogP contribution is -2.41. The Hall–Kier alpha value is -3.61. The van der Waals surface area contributed by atoms with Crippen LogP contribution in [-0.2, 0) is 4.79 Å². The van der Waals surface area contributed by atoms with Gasteiger partial charge in [-0.2, -0.15) is 0 Å². The first-order valence-corrected chi connectivity index (χ1v) is 9.75. The average molecular weight is 408 g/mol. The van der Waals surface area contributed by atoms with E-state index >= 15 is 0 Å². The predicted molar refractivity (Wildman–Crippen MR) is 109 cm³/mol. The van der Waals surface area contributed by atoms with E-state index in [1.165, 1.54) is 18.6 Å². The van der Waals surface area contributed by atoms with Gasteiger partial charge in [-0.15, -0.1) is 0 Å². The number of anilines is 1. The number of likely N-dealkylation sites (tertiary alicyclic amines) is 1. The molecule has 2 aromatic carbocycles. The first-order valence-electron chi connectivity index (χ1n) is 9.75. The summed E-state index contributed by atoms with van der Waals surface area (Å²) in [7, 11) is 0. The van der Waals surface area contributed by atoms with Crippen molar-refractivity contribution in [2.45, 2.75) is 12.8 Å². The number of ether oxygens (including phenoxy) is 1. The fourth-order valence-electron chi connectivity index (χ4n) is 3.42. The van der Waals surface area contributed by atoms with E-state index < -0.39 is 5.82 Å². The highest BCUT2D eigenvalue weighted by Gasteiger charge is 2.28. The van der Waals surface area contributed by atoms with Crippen molar-refractivity contribution in [1.29, 1.82) is 0 Å². The van der Waals surface area contributed by atoms with E-state index in [2.05, 4.69) is 5.32 Å². The van der Waals surface area contributed by atoms with Gasteiger partial charge in [0.05, 0.1) is 11.8 Å². The summed E-state index contributed by atoms with van der Waals surface area (Å²) in [6.07, 6.45) is 4.11. The van der Waals surface area contributed by atoms with Crippen LogP contribution in [0.25, 0.3) is 0 Å². The third-order valence-corrected chi connectivity index (χ3v) is 5.11. The smallest absolute Gasteiger partial charge is 0.257 e. The number of rotatable bonds is 5. The lowest BCUT2D eigenvalue weighted by atomic mass is 9.95. The Morgan fingerprint density at radius 2 is 1.77 bits per heavy atom. The van der Waals surface area contributed by atoms with Gasteiger partial charge in [0.25, 0.3) is 5.91 Å². The molecule has 4 rings (SSSR count). The zero-order valence-electron chi connectivity index (χ0n) is 16.2. The van der Waals surface area contributed by atoms with Crippen molar-refractivity contribution in [3.05, 3.63) is 78.5 Å². The van der Waals surface area contributed by atoms with Crippen molar-refractivity contribution in [3.63, 3.8) is 0 Å². The molecule has 1 N–H and O–H groups in total. The third kappa shape index (κ3) is 4.51. The predicted octanol–water partition coefficient (Wildman–Crippen LogP) is 4.70. The highest BCUT2D eigenvalue weighted by atomic mass is 19.1. The van der Waals surface area contributed by atoms with Gasteiger partial charge >= 0.3 is 0 Å². The molecule has 0 aliphatic carbocycles. The summed E-state index contributed by atoms with van der Waals surface area (Å²) >= 11 is 0. The van der Waals surface area contributed by atoms with Crippen LogP contribution in [0.4, 0.5) is 10.1 Å². The largest absolute Gasteiger partial charge is 0.472 e. The molecule has 7 heteroatoms. The summed E-state index contributed by atoms with van der Waals surface area (Å²) in [5, 5.41) is 2.90. The molecule has 1 aliphatic heterocycles. The van der Waals surface area contributed by atoms with Crippen molar-refractivity contribution >= 4 is 17.5 Å². The second kappa shape index (κ2) is 8.82. The van der Waals surface area contributed by atoms with Crippen LogP contribution < -0.4 is 10.1 Å². The molecule has 3 aromatic rings. The summed E-state index contributed by atoms with van der Waals surface area (Å²) in [6, 6.07) is 14.6. The molecule has 0 unspecified atom stereocenters. The van der Waals surface area contributed by atoms with Gasteiger partial charge in [-0.05, 0) is 55.3 Å². The Labute approximate surface area is 173 Å². The molecule has 1 aliphatic rings. The third-order valence-electron chi connectivity index (χ3n) is 5.11. The number of piperidine rings is 1. The van der Waals surface area contributed by atoms with E-state index in [9.17, 15) is 14.0 Å². The molecule has 0 radical (unpaired) electrons. The number of halogens is 1. The molecule has 2 amide bonds. The van der Waals surface area contributed by atoms with Crippen LogP contribution in [0.3, 0.4) is 0 Å². The van der Waals surface area contributed by atoms with Crippen molar-refractivity contribution in [2.24, 2.45) is 5.92 Å². The Bertz CT molecular complexity index is 1010. The number of carbonyl (C=O) groups is 2. The van der Waals surface area contributed by atoms with Gasteiger partial charge in [0.2, 0.25) is 5.91 Å². The topological polar surface area (TPSA) is 71.8 Å². The zero-order chi connectivity index (χ0) is 20.9. The second-order valence-corrected chi connectivity index (χ2v) is 7.12. The second-order valence-electron chi connectivity index (χ2n) is 7.12. The summed E-state index contributed by atoms with van der Waals surface area (Å²) in [5.74, 6) is -0.128. The minimum atomic E-state index is -0.438. The maximum Gasteiger partial charge on any atom is 0.257 e. The van der Waals surface area contributed by atoms with E-state index in [1.54, 1.807) is 53.4 Å². The van der Waals surface area contributed by atoms with Gasteiger partial charge in [-0.25, -0.2) is 4.39 Å². The molecule has 0 atom stereocenters. The molecule has 0 spiro atoms. The lowest BCUT2D eigenvalue weighted by Gasteiger charge is -2.31. The van der Waals surface area contributed by atoms with Gasteiger partial charge in [0.15, 0.2) is 11.6 Å². The van der Waals surface area contributed by atoms with E-state index in [0.29, 0.717) is 42.9 Å². The molecule has 1 fully saturated rings. The molecule has 154 valence electrons. The first-order chi connectivity index (χ1) is 14.6.